The van der Waals surface area contributed by atoms with Crippen molar-refractivity contribution in [2.45, 2.75) is 13.0 Å². The third kappa shape index (κ3) is 2.60. The maximum Gasteiger partial charge on any atom is 0.296 e. The topological polar surface area (TPSA) is 75.4 Å². The molecule has 18 heavy (non-hydrogen) atoms. The molecule has 1 atom stereocenters. The monoisotopic (exact) mass is 264 g/mol. The Hall–Kier alpha value is -2.08. The molecule has 0 amide bonds. The van der Waals surface area contributed by atoms with Gasteiger partial charge in [0.1, 0.15) is 11.4 Å². The molecule has 0 bridgehead atoms. The summed E-state index contributed by atoms with van der Waals surface area (Å²) in [4.78, 5) is 11.5. The molecule has 1 aromatic carbocycles. The van der Waals surface area contributed by atoms with Gasteiger partial charge in [0.2, 0.25) is 0 Å². The van der Waals surface area contributed by atoms with E-state index in [0.717, 1.165) is 10.9 Å². The van der Waals surface area contributed by atoms with E-state index in [2.05, 4.69) is 5.32 Å². The summed E-state index contributed by atoms with van der Waals surface area (Å²) in [5.74, 6) is -0.115. The number of nitrogens with one attached hydrogen (secondary N) is 1. The number of nitrogens with zero attached hydrogens (tertiary/aromatic N) is 1. The average molecular weight is 264 g/mol. The molecule has 94 valence electrons. The van der Waals surface area contributed by atoms with Gasteiger partial charge in [0.05, 0.1) is 17.0 Å². The second-order valence-corrected chi connectivity index (χ2v) is 4.82. The van der Waals surface area contributed by atoms with Crippen LogP contribution in [0.15, 0.2) is 35.7 Å². The molecule has 1 aromatic heterocycles. The van der Waals surface area contributed by atoms with Gasteiger partial charge in [0.25, 0.3) is 5.69 Å². The van der Waals surface area contributed by atoms with Crippen LogP contribution in [0.2, 0.25) is 0 Å². The van der Waals surface area contributed by atoms with Crippen molar-refractivity contribution < 1.29 is 10.0 Å². The Kier molecular flexibility index (Phi) is 3.47. The summed E-state index contributed by atoms with van der Waals surface area (Å²) in [7, 11) is 0. The van der Waals surface area contributed by atoms with Crippen LogP contribution in [0, 0.1) is 10.1 Å². The van der Waals surface area contributed by atoms with Crippen LogP contribution in [0.5, 0.6) is 5.75 Å². The quantitative estimate of drug-likeness (QED) is 0.503. The zero-order chi connectivity index (χ0) is 13.1. The molecular weight excluding hydrogens is 252 g/mol. The maximum absolute atomic E-state index is 10.9. The fraction of sp³-hybridized carbons (Fsp3) is 0.167. The van der Waals surface area contributed by atoms with Gasteiger partial charge in [-0.15, -0.1) is 11.3 Å². The van der Waals surface area contributed by atoms with Crippen molar-refractivity contribution in [1.82, 2.24) is 0 Å². The molecule has 0 radical (unpaired) electrons. The highest BCUT2D eigenvalue weighted by Gasteiger charge is 2.17. The van der Waals surface area contributed by atoms with E-state index >= 15 is 0 Å². The number of benzene rings is 1. The standard InChI is InChI=1S/C12H12N2O3S/c1-8(12-3-2-6-18-12)13-10-5-4-9(15)7-11(10)14(16)17/h2-8,13,15H,1H3. The lowest BCUT2D eigenvalue weighted by Gasteiger charge is -2.13. The van der Waals surface area contributed by atoms with Crippen molar-refractivity contribution >= 4 is 22.7 Å². The molecule has 1 heterocycles. The van der Waals surface area contributed by atoms with Crippen LogP contribution in [-0.2, 0) is 0 Å². The number of nitro benzene ring substituents is 1. The normalized spacial score (nSPS) is 12.1. The molecule has 0 aliphatic carbocycles. The van der Waals surface area contributed by atoms with Crippen molar-refractivity contribution in [3.63, 3.8) is 0 Å². The van der Waals surface area contributed by atoms with Crippen molar-refractivity contribution in [2.75, 3.05) is 5.32 Å². The minimum atomic E-state index is -0.511. The van der Waals surface area contributed by atoms with E-state index in [1.807, 2.05) is 24.4 Å². The van der Waals surface area contributed by atoms with Crippen molar-refractivity contribution in [2.24, 2.45) is 0 Å². The van der Waals surface area contributed by atoms with E-state index in [-0.39, 0.29) is 17.5 Å². The number of hydrogen-bond donors (Lipinski definition) is 2. The number of phenols is 1. The lowest BCUT2D eigenvalue weighted by atomic mass is 10.2. The van der Waals surface area contributed by atoms with E-state index in [1.165, 1.54) is 12.1 Å². The molecule has 0 aliphatic heterocycles. The zero-order valence-electron chi connectivity index (χ0n) is 9.66. The molecule has 0 spiro atoms. The summed E-state index contributed by atoms with van der Waals surface area (Å²) in [5, 5.41) is 25.2. The lowest BCUT2D eigenvalue weighted by molar-refractivity contribution is -0.384. The molecule has 1 unspecified atom stereocenters. The van der Waals surface area contributed by atoms with E-state index in [1.54, 1.807) is 11.3 Å². The SMILES string of the molecule is CC(Nc1ccc(O)cc1[N+](=O)[O-])c1cccs1. The number of anilines is 1. The van der Waals surface area contributed by atoms with E-state index in [0.29, 0.717) is 5.69 Å². The van der Waals surface area contributed by atoms with E-state index in [4.69, 9.17) is 0 Å². The highest BCUT2D eigenvalue weighted by Crippen LogP contribution is 2.32. The van der Waals surface area contributed by atoms with Gasteiger partial charge in [-0.05, 0) is 30.5 Å². The predicted octanol–water partition coefficient (Wildman–Crippen LogP) is 3.54. The van der Waals surface area contributed by atoms with Crippen molar-refractivity contribution in [3.05, 3.63) is 50.7 Å². The Labute approximate surface area is 108 Å². The minimum absolute atomic E-state index is 0.0201. The first kappa shape index (κ1) is 12.4. The van der Waals surface area contributed by atoms with Gasteiger partial charge in [0, 0.05) is 4.88 Å². The van der Waals surface area contributed by atoms with Gasteiger partial charge in [-0.2, -0.15) is 0 Å². The summed E-state index contributed by atoms with van der Waals surface area (Å²) in [6, 6.07) is 7.96. The highest BCUT2D eigenvalue weighted by molar-refractivity contribution is 7.10. The summed E-state index contributed by atoms with van der Waals surface area (Å²) in [6.07, 6.45) is 0. The molecule has 2 N–H and O–H groups in total. The van der Waals surface area contributed by atoms with Crippen LogP contribution in [-0.4, -0.2) is 10.0 Å². The van der Waals surface area contributed by atoms with Crippen LogP contribution in [0.25, 0.3) is 0 Å². The van der Waals surface area contributed by atoms with Gasteiger partial charge < -0.3 is 10.4 Å². The molecular formula is C12H12N2O3S. The van der Waals surface area contributed by atoms with Gasteiger partial charge in [0.15, 0.2) is 0 Å². The number of aromatic hydroxyl groups is 1. The molecule has 5 nitrogen and oxygen atoms in total. The Balaban J connectivity index is 2.26. The zero-order valence-corrected chi connectivity index (χ0v) is 10.5. The van der Waals surface area contributed by atoms with Gasteiger partial charge in [-0.1, -0.05) is 6.07 Å². The van der Waals surface area contributed by atoms with Crippen LogP contribution in [0.1, 0.15) is 17.8 Å². The Morgan fingerprint density at radius 3 is 2.83 bits per heavy atom. The average Bonchev–Trinajstić information content (AvgIpc) is 2.84. The maximum atomic E-state index is 10.9. The molecule has 0 aliphatic rings. The first-order valence-corrected chi connectivity index (χ1v) is 6.23. The Morgan fingerprint density at radius 2 is 2.22 bits per heavy atom. The van der Waals surface area contributed by atoms with Gasteiger partial charge in [-0.3, -0.25) is 10.1 Å². The van der Waals surface area contributed by atoms with Crippen molar-refractivity contribution in [3.8, 4) is 5.75 Å². The number of nitro groups is 1. The summed E-state index contributed by atoms with van der Waals surface area (Å²) in [5.41, 5.74) is 0.275. The van der Waals surface area contributed by atoms with E-state index in [9.17, 15) is 15.2 Å². The number of phenolic OH excluding ortho intramolecular Hbond substituents is 1. The third-order valence-corrected chi connectivity index (χ3v) is 3.57. The Morgan fingerprint density at radius 1 is 1.44 bits per heavy atom. The summed E-state index contributed by atoms with van der Waals surface area (Å²) in [6.45, 7) is 1.93. The number of rotatable bonds is 4. The van der Waals surface area contributed by atoms with Gasteiger partial charge in [-0.25, -0.2) is 0 Å². The van der Waals surface area contributed by atoms with Crippen LogP contribution in [0.4, 0.5) is 11.4 Å². The van der Waals surface area contributed by atoms with Crippen LogP contribution >= 0.6 is 11.3 Å². The fourth-order valence-electron chi connectivity index (χ4n) is 1.64. The molecule has 0 saturated heterocycles. The van der Waals surface area contributed by atoms with Gasteiger partial charge >= 0.3 is 0 Å². The fourth-order valence-corrected chi connectivity index (χ4v) is 2.37. The van der Waals surface area contributed by atoms with Crippen molar-refractivity contribution in [1.29, 1.82) is 0 Å². The molecule has 0 fully saturated rings. The van der Waals surface area contributed by atoms with Crippen LogP contribution < -0.4 is 5.32 Å². The summed E-state index contributed by atoms with van der Waals surface area (Å²) >= 11 is 1.59. The second-order valence-electron chi connectivity index (χ2n) is 3.84. The largest absolute Gasteiger partial charge is 0.508 e. The third-order valence-electron chi connectivity index (χ3n) is 2.52. The number of thiophene rings is 1. The Bertz CT molecular complexity index is 554. The first-order valence-electron chi connectivity index (χ1n) is 5.35. The highest BCUT2D eigenvalue weighted by atomic mass is 32.1. The minimum Gasteiger partial charge on any atom is -0.508 e. The molecule has 0 saturated carbocycles. The summed E-state index contributed by atoms with van der Waals surface area (Å²) < 4.78 is 0. The molecule has 6 heteroatoms. The molecule has 2 aromatic rings. The van der Waals surface area contributed by atoms with Crippen LogP contribution in [0.3, 0.4) is 0 Å². The van der Waals surface area contributed by atoms with E-state index < -0.39 is 4.92 Å². The first-order chi connectivity index (χ1) is 8.58. The lowest BCUT2D eigenvalue weighted by Crippen LogP contribution is -2.06. The smallest absolute Gasteiger partial charge is 0.296 e. The number of hydrogen-bond acceptors (Lipinski definition) is 5. The second kappa shape index (κ2) is 5.05. The predicted molar refractivity (Wildman–Crippen MR) is 71.1 cm³/mol. The molecule has 2 rings (SSSR count).